The van der Waals surface area contributed by atoms with Gasteiger partial charge in [0.05, 0.1) is 0 Å². The molecule has 0 heterocycles. The molecule has 0 atom stereocenters. The standard InChI is InChI=1S/C20H15ClO2/c21-18-10-6-16(7-11-18)20(22)17-8-12-19(13-9-17)23-14-15-4-2-1-3-5-15/h1-13H,14H2. The van der Waals surface area contributed by atoms with Crippen LogP contribution < -0.4 is 4.74 Å². The number of benzene rings is 3. The Morgan fingerprint density at radius 3 is 1.96 bits per heavy atom. The van der Waals surface area contributed by atoms with E-state index >= 15 is 0 Å². The lowest BCUT2D eigenvalue weighted by molar-refractivity contribution is 0.103. The van der Waals surface area contributed by atoms with Crippen LogP contribution in [0.4, 0.5) is 0 Å². The molecule has 0 aliphatic carbocycles. The quantitative estimate of drug-likeness (QED) is 0.607. The smallest absolute Gasteiger partial charge is 0.193 e. The number of hydrogen-bond donors (Lipinski definition) is 0. The summed E-state index contributed by atoms with van der Waals surface area (Å²) >= 11 is 5.84. The topological polar surface area (TPSA) is 26.3 Å². The summed E-state index contributed by atoms with van der Waals surface area (Å²) in [5, 5.41) is 0.617. The Labute approximate surface area is 140 Å². The SMILES string of the molecule is O=C(c1ccc(Cl)cc1)c1ccc(OCc2ccccc2)cc1. The van der Waals surface area contributed by atoms with E-state index < -0.39 is 0 Å². The van der Waals surface area contributed by atoms with Gasteiger partial charge in [-0.05, 0) is 54.1 Å². The first-order valence-corrected chi connectivity index (χ1v) is 7.67. The Kier molecular flexibility index (Phi) is 4.74. The van der Waals surface area contributed by atoms with Gasteiger partial charge >= 0.3 is 0 Å². The predicted molar refractivity (Wildman–Crippen MR) is 92.1 cm³/mol. The average Bonchev–Trinajstić information content (AvgIpc) is 2.61. The third kappa shape index (κ3) is 3.99. The lowest BCUT2D eigenvalue weighted by Crippen LogP contribution is -2.01. The lowest BCUT2D eigenvalue weighted by atomic mass is 10.0. The summed E-state index contributed by atoms with van der Waals surface area (Å²) in [6, 6.07) is 24.0. The monoisotopic (exact) mass is 322 g/mol. The van der Waals surface area contributed by atoms with E-state index in [4.69, 9.17) is 16.3 Å². The maximum atomic E-state index is 12.4. The molecular formula is C20H15ClO2. The van der Waals surface area contributed by atoms with Crippen molar-refractivity contribution in [3.05, 3.63) is 101 Å². The second-order valence-electron chi connectivity index (χ2n) is 5.13. The van der Waals surface area contributed by atoms with Gasteiger partial charge in [-0.25, -0.2) is 0 Å². The zero-order valence-corrected chi connectivity index (χ0v) is 13.2. The molecule has 0 amide bonds. The van der Waals surface area contributed by atoms with Crippen molar-refractivity contribution in [3.63, 3.8) is 0 Å². The number of carbonyl (C=O) groups is 1. The molecule has 0 fully saturated rings. The number of halogens is 1. The van der Waals surface area contributed by atoms with Gasteiger partial charge in [-0.15, -0.1) is 0 Å². The highest BCUT2D eigenvalue weighted by atomic mass is 35.5. The molecule has 0 unspecified atom stereocenters. The molecule has 0 saturated heterocycles. The fraction of sp³-hybridized carbons (Fsp3) is 0.0500. The van der Waals surface area contributed by atoms with Crippen LogP contribution in [0.3, 0.4) is 0 Å². The van der Waals surface area contributed by atoms with Gasteiger partial charge in [-0.2, -0.15) is 0 Å². The maximum Gasteiger partial charge on any atom is 0.193 e. The van der Waals surface area contributed by atoms with Gasteiger partial charge in [0.1, 0.15) is 12.4 Å². The van der Waals surface area contributed by atoms with Crippen molar-refractivity contribution in [1.82, 2.24) is 0 Å². The van der Waals surface area contributed by atoms with Crippen LogP contribution in [0, 0.1) is 0 Å². The minimum atomic E-state index is -0.0312. The van der Waals surface area contributed by atoms with Gasteiger partial charge in [0.15, 0.2) is 5.78 Å². The molecule has 0 bridgehead atoms. The zero-order valence-electron chi connectivity index (χ0n) is 12.4. The summed E-state index contributed by atoms with van der Waals surface area (Å²) in [6.45, 7) is 0.505. The average molecular weight is 323 g/mol. The van der Waals surface area contributed by atoms with E-state index in [9.17, 15) is 4.79 Å². The molecule has 0 saturated carbocycles. The molecule has 114 valence electrons. The second-order valence-corrected chi connectivity index (χ2v) is 5.57. The van der Waals surface area contributed by atoms with Crippen molar-refractivity contribution in [2.75, 3.05) is 0 Å². The van der Waals surface area contributed by atoms with Gasteiger partial charge in [0.2, 0.25) is 0 Å². The van der Waals surface area contributed by atoms with Crippen LogP contribution in [-0.2, 0) is 6.61 Å². The van der Waals surface area contributed by atoms with Crippen molar-refractivity contribution in [2.24, 2.45) is 0 Å². The molecule has 23 heavy (non-hydrogen) atoms. The van der Waals surface area contributed by atoms with E-state index in [-0.39, 0.29) is 5.78 Å². The van der Waals surface area contributed by atoms with Crippen LogP contribution in [0.25, 0.3) is 0 Å². The van der Waals surface area contributed by atoms with Crippen LogP contribution in [0.1, 0.15) is 21.5 Å². The minimum absolute atomic E-state index is 0.0312. The Morgan fingerprint density at radius 1 is 0.783 bits per heavy atom. The van der Waals surface area contributed by atoms with E-state index in [1.54, 1.807) is 36.4 Å². The van der Waals surface area contributed by atoms with Gasteiger partial charge in [-0.3, -0.25) is 4.79 Å². The zero-order chi connectivity index (χ0) is 16.1. The summed E-state index contributed by atoms with van der Waals surface area (Å²) < 4.78 is 5.72. The molecule has 3 heteroatoms. The Morgan fingerprint density at radius 2 is 1.35 bits per heavy atom. The Hall–Kier alpha value is -2.58. The summed E-state index contributed by atoms with van der Waals surface area (Å²) in [4.78, 5) is 12.4. The first kappa shape index (κ1) is 15.3. The normalized spacial score (nSPS) is 10.3. The number of ketones is 1. The Bertz CT molecular complexity index is 778. The maximum absolute atomic E-state index is 12.4. The minimum Gasteiger partial charge on any atom is -0.489 e. The highest BCUT2D eigenvalue weighted by Gasteiger charge is 2.09. The van der Waals surface area contributed by atoms with Crippen molar-refractivity contribution in [2.45, 2.75) is 6.61 Å². The van der Waals surface area contributed by atoms with Crippen molar-refractivity contribution in [1.29, 1.82) is 0 Å². The summed E-state index contributed by atoms with van der Waals surface area (Å²) in [7, 11) is 0. The number of rotatable bonds is 5. The highest BCUT2D eigenvalue weighted by molar-refractivity contribution is 6.30. The first-order chi connectivity index (χ1) is 11.2. The molecule has 0 aromatic heterocycles. The van der Waals surface area contributed by atoms with Crippen LogP contribution in [0.15, 0.2) is 78.9 Å². The van der Waals surface area contributed by atoms with Crippen LogP contribution in [-0.4, -0.2) is 5.78 Å². The lowest BCUT2D eigenvalue weighted by Gasteiger charge is -2.07. The Balaban J connectivity index is 1.67. The predicted octanol–water partition coefficient (Wildman–Crippen LogP) is 5.15. The molecule has 0 N–H and O–H groups in total. The van der Waals surface area contributed by atoms with E-state index in [1.165, 1.54) is 0 Å². The molecule has 0 aliphatic rings. The van der Waals surface area contributed by atoms with Crippen LogP contribution in [0.5, 0.6) is 5.75 Å². The third-order valence-electron chi connectivity index (χ3n) is 3.47. The molecule has 0 spiro atoms. The summed E-state index contributed by atoms with van der Waals surface area (Å²) in [6.07, 6.45) is 0. The molecule has 3 rings (SSSR count). The highest BCUT2D eigenvalue weighted by Crippen LogP contribution is 2.18. The van der Waals surface area contributed by atoms with Crippen LogP contribution >= 0.6 is 11.6 Å². The third-order valence-corrected chi connectivity index (χ3v) is 3.72. The van der Waals surface area contributed by atoms with E-state index in [1.807, 2.05) is 42.5 Å². The van der Waals surface area contributed by atoms with Gasteiger partial charge < -0.3 is 4.74 Å². The number of carbonyl (C=O) groups excluding carboxylic acids is 1. The van der Waals surface area contributed by atoms with Crippen molar-refractivity contribution in [3.8, 4) is 5.75 Å². The molecule has 3 aromatic rings. The summed E-state index contributed by atoms with van der Waals surface area (Å²) in [5.74, 6) is 0.706. The van der Waals surface area contributed by atoms with E-state index in [0.29, 0.717) is 22.8 Å². The second kappa shape index (κ2) is 7.12. The molecular weight excluding hydrogens is 308 g/mol. The molecule has 2 nitrogen and oxygen atoms in total. The number of hydrogen-bond acceptors (Lipinski definition) is 2. The molecule has 0 radical (unpaired) electrons. The largest absolute Gasteiger partial charge is 0.489 e. The van der Waals surface area contributed by atoms with Gasteiger partial charge in [-0.1, -0.05) is 41.9 Å². The van der Waals surface area contributed by atoms with E-state index in [2.05, 4.69) is 0 Å². The van der Waals surface area contributed by atoms with Crippen molar-refractivity contribution >= 4 is 17.4 Å². The molecule has 3 aromatic carbocycles. The first-order valence-electron chi connectivity index (χ1n) is 7.29. The fourth-order valence-electron chi connectivity index (χ4n) is 2.21. The van der Waals surface area contributed by atoms with Gasteiger partial charge in [0.25, 0.3) is 0 Å². The van der Waals surface area contributed by atoms with Gasteiger partial charge in [0, 0.05) is 16.1 Å². The summed E-state index contributed by atoms with van der Waals surface area (Å²) in [5.41, 5.74) is 2.35. The molecule has 0 aliphatic heterocycles. The fourth-order valence-corrected chi connectivity index (χ4v) is 2.34. The van der Waals surface area contributed by atoms with Crippen molar-refractivity contribution < 1.29 is 9.53 Å². The van der Waals surface area contributed by atoms with Crippen LogP contribution in [0.2, 0.25) is 5.02 Å². The van der Waals surface area contributed by atoms with E-state index in [0.717, 1.165) is 11.3 Å². The number of ether oxygens (including phenoxy) is 1.